The first-order valence-electron chi connectivity index (χ1n) is 10.7. The molecule has 1 N–H and O–H groups in total. The van der Waals surface area contributed by atoms with Gasteiger partial charge in [-0.1, -0.05) is 18.6 Å². The van der Waals surface area contributed by atoms with Crippen LogP contribution in [0.25, 0.3) is 0 Å². The summed E-state index contributed by atoms with van der Waals surface area (Å²) in [7, 11) is 0. The van der Waals surface area contributed by atoms with Gasteiger partial charge in [0, 0.05) is 46.2 Å². The van der Waals surface area contributed by atoms with E-state index in [-0.39, 0.29) is 5.91 Å². The van der Waals surface area contributed by atoms with Crippen molar-refractivity contribution in [2.45, 2.75) is 45.3 Å². The molecular weight excluding hydrogens is 354 g/mol. The molecule has 2 saturated heterocycles. The highest BCUT2D eigenvalue weighted by Crippen LogP contribution is 2.16. The summed E-state index contributed by atoms with van der Waals surface area (Å²) in [5, 5.41) is 10.2. The van der Waals surface area contributed by atoms with Crippen molar-refractivity contribution in [1.82, 2.24) is 14.7 Å². The van der Waals surface area contributed by atoms with Crippen molar-refractivity contribution in [3.05, 3.63) is 29.8 Å². The molecule has 1 aromatic rings. The first kappa shape index (κ1) is 21.1. The van der Waals surface area contributed by atoms with E-state index in [0.717, 1.165) is 58.0 Å². The van der Waals surface area contributed by atoms with Gasteiger partial charge in [-0.15, -0.1) is 0 Å². The highest BCUT2D eigenvalue weighted by atomic mass is 16.5. The number of hydrogen-bond donors (Lipinski definition) is 1. The lowest BCUT2D eigenvalue weighted by atomic mass is 10.1. The van der Waals surface area contributed by atoms with Crippen LogP contribution >= 0.6 is 0 Å². The molecule has 2 aliphatic heterocycles. The number of rotatable bonds is 7. The van der Waals surface area contributed by atoms with Gasteiger partial charge >= 0.3 is 0 Å². The number of piperidine rings is 1. The van der Waals surface area contributed by atoms with Crippen molar-refractivity contribution in [3.8, 4) is 5.75 Å². The monoisotopic (exact) mass is 389 g/mol. The second-order valence-electron chi connectivity index (χ2n) is 8.11. The Kier molecular flexibility index (Phi) is 8.13. The Morgan fingerprint density at radius 2 is 1.68 bits per heavy atom. The van der Waals surface area contributed by atoms with Crippen LogP contribution in [0.4, 0.5) is 0 Å². The van der Waals surface area contributed by atoms with E-state index in [4.69, 9.17) is 4.74 Å². The van der Waals surface area contributed by atoms with Gasteiger partial charge in [-0.05, 0) is 50.0 Å². The van der Waals surface area contributed by atoms with Crippen LogP contribution in [0, 0.1) is 0 Å². The third-order valence-electron chi connectivity index (χ3n) is 5.72. The molecule has 0 aromatic heterocycles. The first-order valence-corrected chi connectivity index (χ1v) is 10.7. The predicted molar refractivity (Wildman–Crippen MR) is 110 cm³/mol. The molecule has 1 aromatic carbocycles. The molecule has 2 fully saturated rings. The SMILES string of the molecule is CC(=O)N1CCCN(Cc2ccc(OCC(O)CN3CCCCC3)cc2)CC1. The Labute approximate surface area is 169 Å². The average Bonchev–Trinajstić information content (AvgIpc) is 2.94. The second kappa shape index (κ2) is 10.8. The van der Waals surface area contributed by atoms with Gasteiger partial charge in [0.1, 0.15) is 18.5 Å². The third-order valence-corrected chi connectivity index (χ3v) is 5.72. The minimum atomic E-state index is -0.445. The van der Waals surface area contributed by atoms with Crippen molar-refractivity contribution >= 4 is 5.91 Å². The van der Waals surface area contributed by atoms with Crippen molar-refractivity contribution in [2.75, 3.05) is 52.4 Å². The largest absolute Gasteiger partial charge is 0.491 e. The zero-order chi connectivity index (χ0) is 19.8. The lowest BCUT2D eigenvalue weighted by molar-refractivity contribution is -0.128. The van der Waals surface area contributed by atoms with Gasteiger partial charge in [0.05, 0.1) is 0 Å². The van der Waals surface area contributed by atoms with E-state index >= 15 is 0 Å². The van der Waals surface area contributed by atoms with E-state index in [0.29, 0.717) is 13.2 Å². The summed E-state index contributed by atoms with van der Waals surface area (Å²) in [5.74, 6) is 0.978. The number of hydrogen-bond acceptors (Lipinski definition) is 5. The Bertz CT molecular complexity index is 602. The number of β-amino-alcohol motifs (C(OH)–C–C–N with tert-alkyl or cyclic N) is 1. The topological polar surface area (TPSA) is 56.3 Å². The zero-order valence-corrected chi connectivity index (χ0v) is 17.2. The Balaban J connectivity index is 1.40. The van der Waals surface area contributed by atoms with E-state index in [1.807, 2.05) is 17.0 Å². The second-order valence-corrected chi connectivity index (χ2v) is 8.11. The van der Waals surface area contributed by atoms with Crippen LogP contribution < -0.4 is 4.74 Å². The maximum Gasteiger partial charge on any atom is 0.219 e. The number of aliphatic hydroxyl groups is 1. The molecule has 156 valence electrons. The van der Waals surface area contributed by atoms with Crippen molar-refractivity contribution in [3.63, 3.8) is 0 Å². The molecule has 1 amide bonds. The van der Waals surface area contributed by atoms with Gasteiger partial charge in [-0.2, -0.15) is 0 Å². The zero-order valence-electron chi connectivity index (χ0n) is 17.2. The summed E-state index contributed by atoms with van der Waals surface area (Å²) in [4.78, 5) is 18.2. The van der Waals surface area contributed by atoms with Crippen LogP contribution in [0.15, 0.2) is 24.3 Å². The quantitative estimate of drug-likeness (QED) is 0.773. The molecular formula is C22H35N3O3. The summed E-state index contributed by atoms with van der Waals surface area (Å²) in [6.45, 7) is 9.36. The minimum absolute atomic E-state index is 0.172. The van der Waals surface area contributed by atoms with E-state index in [1.165, 1.54) is 24.8 Å². The van der Waals surface area contributed by atoms with Crippen molar-refractivity contribution in [1.29, 1.82) is 0 Å². The minimum Gasteiger partial charge on any atom is -0.491 e. The summed E-state index contributed by atoms with van der Waals surface area (Å²) < 4.78 is 5.78. The van der Waals surface area contributed by atoms with Crippen LogP contribution in [-0.4, -0.2) is 84.2 Å². The molecule has 0 bridgehead atoms. The van der Waals surface area contributed by atoms with Crippen LogP contribution in [0.2, 0.25) is 0 Å². The number of likely N-dealkylation sites (tertiary alicyclic amines) is 1. The molecule has 0 aliphatic carbocycles. The van der Waals surface area contributed by atoms with Gasteiger partial charge in [0.2, 0.25) is 5.91 Å². The fourth-order valence-corrected chi connectivity index (χ4v) is 4.08. The maximum absolute atomic E-state index is 11.5. The smallest absolute Gasteiger partial charge is 0.219 e. The van der Waals surface area contributed by atoms with Gasteiger partial charge in [-0.25, -0.2) is 0 Å². The fourth-order valence-electron chi connectivity index (χ4n) is 4.08. The number of aliphatic hydroxyl groups excluding tert-OH is 1. The summed E-state index contributed by atoms with van der Waals surface area (Å²) in [5.41, 5.74) is 1.25. The molecule has 0 saturated carbocycles. The standard InChI is InChI=1S/C22H35N3O3/c1-19(26)25-13-5-12-24(14-15-25)16-20-6-8-22(9-7-20)28-18-21(27)17-23-10-3-2-4-11-23/h6-9,21,27H,2-5,10-18H2,1H3. The number of amides is 1. The molecule has 1 unspecified atom stereocenters. The summed E-state index contributed by atoms with van der Waals surface area (Å²) in [6.07, 6.45) is 4.36. The fraction of sp³-hybridized carbons (Fsp3) is 0.682. The molecule has 0 radical (unpaired) electrons. The van der Waals surface area contributed by atoms with E-state index in [1.54, 1.807) is 6.92 Å². The van der Waals surface area contributed by atoms with Gasteiger partial charge in [0.25, 0.3) is 0 Å². The van der Waals surface area contributed by atoms with E-state index < -0.39 is 6.10 Å². The van der Waals surface area contributed by atoms with Gasteiger partial charge in [-0.3, -0.25) is 9.69 Å². The molecule has 2 heterocycles. The molecule has 6 nitrogen and oxygen atoms in total. The Morgan fingerprint density at radius 3 is 2.39 bits per heavy atom. The normalized spacial score (nSPS) is 20.6. The van der Waals surface area contributed by atoms with Gasteiger partial charge < -0.3 is 19.6 Å². The lowest BCUT2D eigenvalue weighted by Crippen LogP contribution is -2.38. The van der Waals surface area contributed by atoms with E-state index in [2.05, 4.69) is 21.9 Å². The molecule has 6 heteroatoms. The van der Waals surface area contributed by atoms with Crippen molar-refractivity contribution in [2.24, 2.45) is 0 Å². The molecule has 28 heavy (non-hydrogen) atoms. The average molecular weight is 390 g/mol. The Hall–Kier alpha value is -1.63. The van der Waals surface area contributed by atoms with E-state index in [9.17, 15) is 9.90 Å². The highest BCUT2D eigenvalue weighted by molar-refractivity contribution is 5.73. The summed E-state index contributed by atoms with van der Waals surface area (Å²) in [6, 6.07) is 8.17. The van der Waals surface area contributed by atoms with Gasteiger partial charge in [0.15, 0.2) is 0 Å². The molecule has 0 spiro atoms. The lowest BCUT2D eigenvalue weighted by Gasteiger charge is -2.28. The van der Waals surface area contributed by atoms with Crippen LogP contribution in [0.5, 0.6) is 5.75 Å². The first-order chi connectivity index (χ1) is 13.6. The third kappa shape index (κ3) is 6.76. The van der Waals surface area contributed by atoms with Crippen molar-refractivity contribution < 1.29 is 14.6 Å². The number of benzene rings is 1. The molecule has 2 aliphatic rings. The number of carbonyl (C=O) groups is 1. The number of nitrogens with zero attached hydrogens (tertiary/aromatic N) is 3. The van der Waals surface area contributed by atoms with Crippen LogP contribution in [-0.2, 0) is 11.3 Å². The highest BCUT2D eigenvalue weighted by Gasteiger charge is 2.17. The van der Waals surface area contributed by atoms with Crippen LogP contribution in [0.1, 0.15) is 38.2 Å². The molecule has 3 rings (SSSR count). The number of ether oxygens (including phenoxy) is 1. The van der Waals surface area contributed by atoms with Crippen LogP contribution in [0.3, 0.4) is 0 Å². The predicted octanol–water partition coefficient (Wildman–Crippen LogP) is 1.97. The Morgan fingerprint density at radius 1 is 0.964 bits per heavy atom. The summed E-state index contributed by atoms with van der Waals surface area (Å²) >= 11 is 0. The molecule has 1 atom stereocenters. The number of carbonyl (C=O) groups excluding carboxylic acids is 1. The maximum atomic E-state index is 11.5.